The number of rotatable bonds is 8. The number of unbranched alkanes of at least 4 members (excludes halogenated alkanes) is 2. The standard InChI is InChI=1S/C21H26FN7O2/c22-19-15-17(6-8-24-19)27-21(26-16-23)25-7-2-1-3-9-28-10-12-29(13-11-28)20(30)18-5-4-14-31-18/h4-6,8,14-15H,1-3,7,9-13H2,(H2,24,25,26,27). The predicted octanol–water partition coefficient (Wildman–Crippen LogP) is 2.28. The van der Waals surface area contributed by atoms with E-state index in [-0.39, 0.29) is 11.9 Å². The van der Waals surface area contributed by atoms with E-state index >= 15 is 0 Å². The van der Waals surface area contributed by atoms with Gasteiger partial charge in [0.25, 0.3) is 5.91 Å². The molecule has 1 aliphatic rings. The monoisotopic (exact) mass is 427 g/mol. The second kappa shape index (κ2) is 11.7. The number of hydrogen-bond donors (Lipinski definition) is 2. The number of amides is 1. The van der Waals surface area contributed by atoms with E-state index in [1.807, 2.05) is 11.1 Å². The van der Waals surface area contributed by atoms with Crippen molar-refractivity contribution < 1.29 is 13.6 Å². The van der Waals surface area contributed by atoms with E-state index in [0.29, 0.717) is 31.1 Å². The molecule has 1 saturated heterocycles. The SMILES string of the molecule is N#CNC(=NCCCCCN1CCN(C(=O)c2ccco2)CC1)Nc1ccnc(F)c1. The summed E-state index contributed by atoms with van der Waals surface area (Å²) in [5.74, 6) is 0.0214. The zero-order chi connectivity index (χ0) is 21.9. The molecule has 0 saturated carbocycles. The van der Waals surface area contributed by atoms with Crippen LogP contribution in [0.5, 0.6) is 0 Å². The molecule has 0 aliphatic carbocycles. The van der Waals surface area contributed by atoms with Gasteiger partial charge in [0.15, 0.2) is 12.0 Å². The average molecular weight is 427 g/mol. The fourth-order valence-electron chi connectivity index (χ4n) is 3.33. The Labute approximate surface area is 180 Å². The number of carbonyl (C=O) groups is 1. The Morgan fingerprint density at radius 2 is 2.10 bits per heavy atom. The Hall–Kier alpha value is -3.45. The largest absolute Gasteiger partial charge is 0.459 e. The van der Waals surface area contributed by atoms with E-state index in [9.17, 15) is 9.18 Å². The Morgan fingerprint density at radius 3 is 2.81 bits per heavy atom. The first-order valence-electron chi connectivity index (χ1n) is 10.3. The number of nitriles is 1. The predicted molar refractivity (Wildman–Crippen MR) is 114 cm³/mol. The van der Waals surface area contributed by atoms with Crippen LogP contribution in [0.1, 0.15) is 29.8 Å². The summed E-state index contributed by atoms with van der Waals surface area (Å²) >= 11 is 0. The van der Waals surface area contributed by atoms with Crippen molar-refractivity contribution in [2.24, 2.45) is 4.99 Å². The van der Waals surface area contributed by atoms with Crippen molar-refractivity contribution in [3.63, 3.8) is 0 Å². The minimum atomic E-state index is -0.604. The molecule has 3 heterocycles. The Kier molecular flexibility index (Phi) is 8.37. The quantitative estimate of drug-likeness (QED) is 0.166. The third kappa shape index (κ3) is 7.08. The van der Waals surface area contributed by atoms with Crippen molar-refractivity contribution in [3.05, 3.63) is 48.4 Å². The van der Waals surface area contributed by atoms with Gasteiger partial charge in [-0.05, 0) is 37.6 Å². The fraction of sp³-hybridized carbons (Fsp3) is 0.429. The van der Waals surface area contributed by atoms with Gasteiger partial charge >= 0.3 is 0 Å². The Balaban J connectivity index is 1.31. The maximum atomic E-state index is 13.2. The first kappa shape index (κ1) is 22.2. The zero-order valence-electron chi connectivity index (χ0n) is 17.3. The third-order valence-electron chi connectivity index (χ3n) is 4.96. The van der Waals surface area contributed by atoms with Crippen LogP contribution in [-0.2, 0) is 0 Å². The first-order chi connectivity index (χ1) is 15.2. The number of aromatic nitrogens is 1. The van der Waals surface area contributed by atoms with Crippen molar-refractivity contribution in [3.8, 4) is 6.19 Å². The van der Waals surface area contributed by atoms with Gasteiger partial charge in [-0.25, -0.2) is 4.98 Å². The van der Waals surface area contributed by atoms with E-state index < -0.39 is 5.95 Å². The molecule has 3 rings (SSSR count). The highest BCUT2D eigenvalue weighted by atomic mass is 19.1. The normalized spacial score (nSPS) is 14.8. The van der Waals surface area contributed by atoms with Gasteiger partial charge in [0.05, 0.1) is 6.26 Å². The molecule has 164 valence electrons. The van der Waals surface area contributed by atoms with Gasteiger partial charge in [-0.3, -0.25) is 20.0 Å². The van der Waals surface area contributed by atoms with E-state index in [1.54, 1.807) is 18.2 Å². The highest BCUT2D eigenvalue weighted by Crippen LogP contribution is 2.10. The summed E-state index contributed by atoms with van der Waals surface area (Å²) in [4.78, 5) is 24.3. The van der Waals surface area contributed by atoms with Gasteiger partial charge in [-0.2, -0.15) is 9.65 Å². The van der Waals surface area contributed by atoms with E-state index in [0.717, 1.165) is 38.9 Å². The Morgan fingerprint density at radius 1 is 1.26 bits per heavy atom. The van der Waals surface area contributed by atoms with Gasteiger partial charge in [0, 0.05) is 50.7 Å². The van der Waals surface area contributed by atoms with E-state index in [2.05, 4.69) is 25.5 Å². The molecular weight excluding hydrogens is 401 g/mol. The molecule has 2 aromatic heterocycles. The van der Waals surface area contributed by atoms with Crippen LogP contribution in [0.3, 0.4) is 0 Å². The van der Waals surface area contributed by atoms with E-state index in [1.165, 1.54) is 18.5 Å². The number of hydrogen-bond acceptors (Lipinski definition) is 6. The van der Waals surface area contributed by atoms with Gasteiger partial charge in [-0.15, -0.1) is 0 Å². The lowest BCUT2D eigenvalue weighted by Crippen LogP contribution is -2.48. The van der Waals surface area contributed by atoms with Crippen LogP contribution < -0.4 is 10.6 Å². The van der Waals surface area contributed by atoms with Crippen molar-refractivity contribution in [2.45, 2.75) is 19.3 Å². The smallest absolute Gasteiger partial charge is 0.289 e. The van der Waals surface area contributed by atoms with Gasteiger partial charge in [-0.1, -0.05) is 6.42 Å². The van der Waals surface area contributed by atoms with Crippen LogP contribution in [-0.4, -0.2) is 65.9 Å². The van der Waals surface area contributed by atoms with Gasteiger partial charge in [0.2, 0.25) is 11.9 Å². The van der Waals surface area contributed by atoms with Crippen LogP contribution in [0.15, 0.2) is 46.1 Å². The minimum Gasteiger partial charge on any atom is -0.459 e. The molecule has 0 unspecified atom stereocenters. The number of halogens is 1. The molecule has 2 N–H and O–H groups in total. The summed E-state index contributed by atoms with van der Waals surface area (Å²) in [6.45, 7) is 4.64. The Bertz CT molecular complexity index is 903. The van der Waals surface area contributed by atoms with Crippen molar-refractivity contribution in [1.29, 1.82) is 5.26 Å². The fourth-order valence-corrected chi connectivity index (χ4v) is 3.33. The molecule has 0 atom stereocenters. The van der Waals surface area contributed by atoms with Gasteiger partial charge < -0.3 is 14.6 Å². The van der Waals surface area contributed by atoms with Crippen LogP contribution >= 0.6 is 0 Å². The maximum absolute atomic E-state index is 13.2. The minimum absolute atomic E-state index is 0.0487. The highest BCUT2D eigenvalue weighted by molar-refractivity contribution is 5.94. The number of nitrogens with one attached hydrogen (secondary N) is 2. The molecule has 10 heteroatoms. The zero-order valence-corrected chi connectivity index (χ0v) is 17.3. The molecule has 9 nitrogen and oxygen atoms in total. The molecule has 0 aromatic carbocycles. The summed E-state index contributed by atoms with van der Waals surface area (Å²) in [5, 5.41) is 14.2. The lowest BCUT2D eigenvalue weighted by atomic mass is 10.2. The van der Waals surface area contributed by atoms with Crippen molar-refractivity contribution in [1.82, 2.24) is 20.1 Å². The maximum Gasteiger partial charge on any atom is 0.289 e. The number of carbonyl (C=O) groups excluding carboxylic acids is 1. The number of pyridine rings is 1. The first-order valence-corrected chi connectivity index (χ1v) is 10.3. The number of nitrogens with zero attached hydrogens (tertiary/aromatic N) is 5. The summed E-state index contributed by atoms with van der Waals surface area (Å²) in [5.41, 5.74) is 0.471. The summed E-state index contributed by atoms with van der Waals surface area (Å²) in [6.07, 6.45) is 7.59. The van der Waals surface area contributed by atoms with E-state index in [4.69, 9.17) is 9.68 Å². The lowest BCUT2D eigenvalue weighted by Gasteiger charge is -2.34. The van der Waals surface area contributed by atoms with Crippen molar-refractivity contribution in [2.75, 3.05) is 44.6 Å². The molecule has 1 fully saturated rings. The topological polar surface area (TPSA) is 110 Å². The lowest BCUT2D eigenvalue weighted by molar-refractivity contribution is 0.0604. The molecule has 1 amide bonds. The second-order valence-corrected chi connectivity index (χ2v) is 7.13. The third-order valence-corrected chi connectivity index (χ3v) is 4.96. The highest BCUT2D eigenvalue weighted by Gasteiger charge is 2.23. The molecule has 1 aliphatic heterocycles. The number of anilines is 1. The average Bonchev–Trinajstić information content (AvgIpc) is 3.31. The number of guanidine groups is 1. The van der Waals surface area contributed by atoms with Crippen molar-refractivity contribution >= 4 is 17.6 Å². The van der Waals surface area contributed by atoms with Crippen LogP contribution in [0.25, 0.3) is 0 Å². The summed E-state index contributed by atoms with van der Waals surface area (Å²) in [6, 6.07) is 6.25. The molecule has 0 bridgehead atoms. The summed E-state index contributed by atoms with van der Waals surface area (Å²) < 4.78 is 18.4. The second-order valence-electron chi connectivity index (χ2n) is 7.13. The molecule has 31 heavy (non-hydrogen) atoms. The van der Waals surface area contributed by atoms with Crippen LogP contribution in [0.2, 0.25) is 0 Å². The summed E-state index contributed by atoms with van der Waals surface area (Å²) in [7, 11) is 0. The number of piperazine rings is 1. The van der Waals surface area contributed by atoms with Crippen LogP contribution in [0, 0.1) is 17.4 Å². The number of furan rings is 1. The van der Waals surface area contributed by atoms with Gasteiger partial charge in [0.1, 0.15) is 0 Å². The molecule has 0 spiro atoms. The molecular formula is C21H26FN7O2. The van der Waals surface area contributed by atoms with Crippen LogP contribution in [0.4, 0.5) is 10.1 Å². The number of aliphatic imine (C=N–C) groups is 1. The molecule has 0 radical (unpaired) electrons. The molecule has 2 aromatic rings.